The number of carbonyl (C=O) groups excluding carboxylic acids is 1. The van der Waals surface area contributed by atoms with E-state index in [0.717, 1.165) is 24.4 Å². The molecule has 2 aromatic carbocycles. The number of unbranched alkanes of at least 4 members (excludes halogenated alkanes) is 2. The fourth-order valence-corrected chi connectivity index (χ4v) is 7.18. The summed E-state index contributed by atoms with van der Waals surface area (Å²) in [5.41, 5.74) is 2.64. The predicted molar refractivity (Wildman–Crippen MR) is 152 cm³/mol. The minimum absolute atomic E-state index is 0.257. The molecule has 0 radical (unpaired) electrons. The van der Waals surface area contributed by atoms with Gasteiger partial charge in [0.25, 0.3) is 0 Å². The van der Waals surface area contributed by atoms with E-state index in [1.807, 2.05) is 45.0 Å². The second-order valence-corrected chi connectivity index (χ2v) is 13.2. The first-order valence-electron chi connectivity index (χ1n) is 13.4. The van der Waals surface area contributed by atoms with Gasteiger partial charge in [-0.05, 0) is 63.3 Å². The van der Waals surface area contributed by atoms with E-state index in [1.165, 1.54) is 4.80 Å². The molecule has 0 saturated heterocycles. The highest BCUT2D eigenvalue weighted by atomic mass is 35.5. The molecule has 0 amide bonds. The first-order chi connectivity index (χ1) is 18.1. The van der Waals surface area contributed by atoms with Crippen LogP contribution in [0.5, 0.6) is 5.75 Å². The number of nitrogens with zero attached hydrogens (tertiary/aromatic N) is 3. The molecule has 10 heteroatoms. The van der Waals surface area contributed by atoms with Gasteiger partial charge < -0.3 is 18.0 Å². The molecule has 208 valence electrons. The zero-order chi connectivity index (χ0) is 27.8. The molecule has 8 nitrogen and oxygen atoms in total. The van der Waals surface area contributed by atoms with Crippen LogP contribution in [0.15, 0.2) is 36.4 Å². The Hall–Kier alpha value is -2.30. The Labute approximate surface area is 231 Å². The quantitative estimate of drug-likeness (QED) is 0.0917. The largest absolute Gasteiger partial charge is 0.500 e. The van der Waals surface area contributed by atoms with Gasteiger partial charge in [0, 0.05) is 42.9 Å². The minimum Gasteiger partial charge on any atom is -0.424 e. The third-order valence-electron chi connectivity index (χ3n) is 6.03. The molecule has 3 aromatic rings. The van der Waals surface area contributed by atoms with Crippen molar-refractivity contribution in [1.29, 1.82) is 0 Å². The lowest BCUT2D eigenvalue weighted by atomic mass is 9.86. The molecule has 0 N–H and O–H groups in total. The number of benzene rings is 2. The number of ether oxygens (including phenoxy) is 1. The van der Waals surface area contributed by atoms with Gasteiger partial charge in [-0.1, -0.05) is 50.9 Å². The first-order valence-corrected chi connectivity index (χ1v) is 15.7. The average Bonchev–Trinajstić information content (AvgIpc) is 3.27. The number of aromatic nitrogens is 3. The van der Waals surface area contributed by atoms with E-state index in [4.69, 9.17) is 29.6 Å². The van der Waals surface area contributed by atoms with Crippen LogP contribution in [-0.2, 0) is 23.5 Å². The van der Waals surface area contributed by atoms with Gasteiger partial charge in [0.1, 0.15) is 16.7 Å². The number of rotatable bonds is 14. The van der Waals surface area contributed by atoms with Gasteiger partial charge in [-0.25, -0.2) is 0 Å². The third-order valence-corrected chi connectivity index (χ3v) is 9.42. The molecule has 0 aliphatic rings. The molecule has 0 fully saturated rings. The van der Waals surface area contributed by atoms with Crippen LogP contribution >= 0.6 is 11.6 Å². The van der Waals surface area contributed by atoms with E-state index in [2.05, 4.69) is 31.0 Å². The summed E-state index contributed by atoms with van der Waals surface area (Å²) >= 11 is 6.14. The molecule has 0 bridgehead atoms. The molecular formula is C28H40ClN3O5Si. The monoisotopic (exact) mass is 561 g/mol. The lowest BCUT2D eigenvalue weighted by Crippen LogP contribution is -2.45. The van der Waals surface area contributed by atoms with Crippen molar-refractivity contribution in [1.82, 2.24) is 15.0 Å². The summed E-state index contributed by atoms with van der Waals surface area (Å²) in [6.07, 6.45) is 2.70. The highest BCUT2D eigenvalue weighted by molar-refractivity contribution is 6.60. The SMILES string of the molecule is CCO[Si](CCCCCC(=O)Oc1c(-n2nc3ccc(Cl)cc3n2)cccc1C(C)(C)C)(OCC)OCC. The van der Waals surface area contributed by atoms with Crippen molar-refractivity contribution < 1.29 is 22.8 Å². The molecule has 0 atom stereocenters. The van der Waals surface area contributed by atoms with E-state index in [1.54, 1.807) is 12.1 Å². The van der Waals surface area contributed by atoms with E-state index in [-0.39, 0.29) is 11.4 Å². The van der Waals surface area contributed by atoms with E-state index in [0.29, 0.717) is 60.2 Å². The predicted octanol–water partition coefficient (Wildman–Crippen LogP) is 6.89. The summed E-state index contributed by atoms with van der Waals surface area (Å²) in [4.78, 5) is 14.5. The van der Waals surface area contributed by atoms with Gasteiger partial charge in [-0.15, -0.1) is 15.0 Å². The molecule has 0 unspecified atom stereocenters. The van der Waals surface area contributed by atoms with Gasteiger partial charge in [0.15, 0.2) is 5.75 Å². The molecule has 0 aliphatic carbocycles. The molecule has 38 heavy (non-hydrogen) atoms. The smallest absolute Gasteiger partial charge is 0.424 e. The fraction of sp³-hybridized carbons (Fsp3) is 0.536. The van der Waals surface area contributed by atoms with Gasteiger partial charge in [-0.2, -0.15) is 0 Å². The Morgan fingerprint density at radius 1 is 0.921 bits per heavy atom. The van der Waals surface area contributed by atoms with Gasteiger partial charge in [0.2, 0.25) is 0 Å². The summed E-state index contributed by atoms with van der Waals surface area (Å²) in [7, 11) is -2.67. The van der Waals surface area contributed by atoms with E-state index >= 15 is 0 Å². The topological polar surface area (TPSA) is 84.7 Å². The maximum Gasteiger partial charge on any atom is 0.500 e. The van der Waals surface area contributed by atoms with Crippen LogP contribution in [-0.4, -0.2) is 49.6 Å². The Balaban J connectivity index is 1.71. The highest BCUT2D eigenvalue weighted by Crippen LogP contribution is 2.36. The number of carbonyl (C=O) groups is 1. The number of hydrogen-bond acceptors (Lipinski definition) is 7. The van der Waals surface area contributed by atoms with Crippen molar-refractivity contribution in [3.05, 3.63) is 47.0 Å². The molecule has 1 heterocycles. The Morgan fingerprint density at radius 2 is 1.58 bits per heavy atom. The van der Waals surface area contributed by atoms with Gasteiger partial charge in [0.05, 0.1) is 0 Å². The van der Waals surface area contributed by atoms with Crippen molar-refractivity contribution in [2.45, 2.75) is 78.7 Å². The van der Waals surface area contributed by atoms with Gasteiger partial charge >= 0.3 is 14.8 Å². The molecule has 0 aliphatic heterocycles. The second-order valence-electron chi connectivity index (χ2n) is 10.0. The Kier molecular flexibility index (Phi) is 10.9. The number of esters is 1. The lowest BCUT2D eigenvalue weighted by molar-refractivity contribution is -0.134. The van der Waals surface area contributed by atoms with Crippen LogP contribution in [0.2, 0.25) is 11.1 Å². The standard InChI is InChI=1S/C28H40ClN3O5Si/c1-7-34-38(35-8-2,36-9-3)19-12-10-11-16-26(33)37-27-22(28(4,5)6)14-13-15-25(27)32-30-23-18-17-21(29)20-24(23)31-32/h13-15,17-18,20H,7-12,16,19H2,1-6H3. The van der Waals surface area contributed by atoms with Crippen molar-refractivity contribution in [2.75, 3.05) is 19.8 Å². The van der Waals surface area contributed by atoms with Crippen molar-refractivity contribution in [2.24, 2.45) is 0 Å². The second kappa shape index (κ2) is 13.7. The summed E-state index contributed by atoms with van der Waals surface area (Å²) < 4.78 is 23.8. The van der Waals surface area contributed by atoms with Crippen LogP contribution < -0.4 is 4.74 Å². The Bertz CT molecular complexity index is 1190. The number of para-hydroxylation sites is 1. The normalized spacial score (nSPS) is 12.3. The first kappa shape index (κ1) is 30.2. The number of halogens is 1. The lowest BCUT2D eigenvalue weighted by Gasteiger charge is -2.28. The number of fused-ring (bicyclic) bond motifs is 1. The van der Waals surface area contributed by atoms with E-state index in [9.17, 15) is 4.79 Å². The van der Waals surface area contributed by atoms with Crippen molar-refractivity contribution in [3.8, 4) is 11.4 Å². The Morgan fingerprint density at radius 3 is 2.21 bits per heavy atom. The summed E-state index contributed by atoms with van der Waals surface area (Å²) in [6.45, 7) is 13.8. The molecule has 3 rings (SSSR count). The van der Waals surface area contributed by atoms with Crippen LogP contribution in [0.4, 0.5) is 0 Å². The molecular weight excluding hydrogens is 522 g/mol. The zero-order valence-corrected chi connectivity index (χ0v) is 25.1. The zero-order valence-electron chi connectivity index (χ0n) is 23.4. The van der Waals surface area contributed by atoms with Gasteiger partial charge in [-0.3, -0.25) is 4.79 Å². The highest BCUT2D eigenvalue weighted by Gasteiger charge is 2.39. The molecule has 0 spiro atoms. The van der Waals surface area contributed by atoms with Crippen LogP contribution in [0.3, 0.4) is 0 Å². The maximum absolute atomic E-state index is 13.0. The molecule has 1 aromatic heterocycles. The maximum atomic E-state index is 13.0. The molecule has 0 saturated carbocycles. The van der Waals surface area contributed by atoms with E-state index < -0.39 is 8.80 Å². The minimum atomic E-state index is -2.67. The third kappa shape index (κ3) is 7.86. The number of hydrogen-bond donors (Lipinski definition) is 0. The van der Waals surface area contributed by atoms with Crippen LogP contribution in [0.1, 0.15) is 72.8 Å². The average molecular weight is 562 g/mol. The summed E-state index contributed by atoms with van der Waals surface area (Å²) in [5, 5.41) is 9.77. The van der Waals surface area contributed by atoms with Crippen LogP contribution in [0, 0.1) is 0 Å². The van der Waals surface area contributed by atoms with Crippen molar-refractivity contribution in [3.63, 3.8) is 0 Å². The summed E-state index contributed by atoms with van der Waals surface area (Å²) in [5.74, 6) is 0.192. The van der Waals surface area contributed by atoms with Crippen molar-refractivity contribution >= 4 is 37.4 Å². The van der Waals surface area contributed by atoms with Crippen LogP contribution in [0.25, 0.3) is 16.7 Å². The summed E-state index contributed by atoms with van der Waals surface area (Å²) in [6, 6.07) is 11.9. The fourth-order valence-electron chi connectivity index (χ4n) is 4.33.